The van der Waals surface area contributed by atoms with E-state index in [4.69, 9.17) is 10.7 Å². The molecule has 27 heavy (non-hydrogen) atoms. The first-order valence-corrected chi connectivity index (χ1v) is 9.50. The quantitative estimate of drug-likeness (QED) is 0.796. The SMILES string of the molecule is CC(NC(=O)C1C2CCC(C2)C1N)c1nc2ccccc2n1C(C)C.Cl.Cl. The van der Waals surface area contributed by atoms with E-state index < -0.39 is 0 Å². The number of nitrogens with two attached hydrogens (primary N) is 1. The molecule has 0 radical (unpaired) electrons. The van der Waals surface area contributed by atoms with E-state index in [1.807, 2.05) is 25.1 Å². The van der Waals surface area contributed by atoms with Crippen LogP contribution < -0.4 is 11.1 Å². The van der Waals surface area contributed by atoms with Crippen molar-refractivity contribution in [2.75, 3.05) is 0 Å². The van der Waals surface area contributed by atoms with Crippen LogP contribution in [0.15, 0.2) is 24.3 Å². The van der Waals surface area contributed by atoms with Gasteiger partial charge >= 0.3 is 0 Å². The van der Waals surface area contributed by atoms with Gasteiger partial charge in [-0.2, -0.15) is 0 Å². The smallest absolute Gasteiger partial charge is 0.225 e. The minimum atomic E-state index is -0.131. The molecule has 2 aromatic rings. The van der Waals surface area contributed by atoms with Crippen molar-refractivity contribution in [3.05, 3.63) is 30.1 Å². The zero-order valence-corrected chi connectivity index (χ0v) is 17.7. The highest BCUT2D eigenvalue weighted by atomic mass is 35.5. The van der Waals surface area contributed by atoms with E-state index in [2.05, 4.69) is 29.8 Å². The van der Waals surface area contributed by atoms with Crippen LogP contribution in [0.5, 0.6) is 0 Å². The topological polar surface area (TPSA) is 72.9 Å². The molecule has 5 nitrogen and oxygen atoms in total. The van der Waals surface area contributed by atoms with Crippen LogP contribution in [-0.2, 0) is 4.79 Å². The van der Waals surface area contributed by atoms with Crippen molar-refractivity contribution in [2.24, 2.45) is 23.5 Å². The van der Waals surface area contributed by atoms with Gasteiger partial charge in [-0.15, -0.1) is 24.8 Å². The number of halogens is 2. The maximum atomic E-state index is 12.9. The average molecular weight is 413 g/mol. The fraction of sp³-hybridized carbons (Fsp3) is 0.600. The van der Waals surface area contributed by atoms with Crippen molar-refractivity contribution < 1.29 is 4.79 Å². The molecule has 1 heterocycles. The van der Waals surface area contributed by atoms with Crippen LogP contribution in [0.2, 0.25) is 0 Å². The Kier molecular flexibility index (Phi) is 6.82. The Bertz CT molecular complexity index is 804. The van der Waals surface area contributed by atoms with Crippen molar-refractivity contribution in [1.29, 1.82) is 0 Å². The number of nitrogens with one attached hydrogen (secondary N) is 1. The Morgan fingerprint density at radius 1 is 1.19 bits per heavy atom. The molecule has 5 atom stereocenters. The summed E-state index contributed by atoms with van der Waals surface area (Å²) in [6.45, 7) is 6.33. The number of aromatic nitrogens is 2. The molecule has 2 saturated carbocycles. The van der Waals surface area contributed by atoms with Crippen LogP contribution in [0.3, 0.4) is 0 Å². The maximum Gasteiger partial charge on any atom is 0.225 e. The summed E-state index contributed by atoms with van der Waals surface area (Å²) in [5, 5.41) is 3.21. The summed E-state index contributed by atoms with van der Waals surface area (Å²) in [4.78, 5) is 17.7. The number of carbonyl (C=O) groups excluding carboxylic acids is 1. The summed E-state index contributed by atoms with van der Waals surface area (Å²) in [6, 6.07) is 8.32. The Balaban J connectivity index is 0.00000131. The highest BCUT2D eigenvalue weighted by Crippen LogP contribution is 2.47. The molecule has 2 aliphatic rings. The van der Waals surface area contributed by atoms with Gasteiger partial charge in [-0.3, -0.25) is 4.79 Å². The van der Waals surface area contributed by atoms with Gasteiger partial charge in [0.25, 0.3) is 0 Å². The Labute approximate surface area is 173 Å². The minimum absolute atomic E-state index is 0. The largest absolute Gasteiger partial charge is 0.346 e. The number of imidazole rings is 1. The summed E-state index contributed by atoms with van der Waals surface area (Å²) >= 11 is 0. The zero-order valence-electron chi connectivity index (χ0n) is 16.1. The van der Waals surface area contributed by atoms with Crippen LogP contribution in [-0.4, -0.2) is 21.5 Å². The van der Waals surface area contributed by atoms with Crippen LogP contribution >= 0.6 is 24.8 Å². The third-order valence-corrected chi connectivity index (χ3v) is 6.17. The third kappa shape index (κ3) is 3.69. The lowest BCUT2D eigenvalue weighted by Gasteiger charge is -2.28. The molecule has 0 aliphatic heterocycles. The number of hydrogen-bond acceptors (Lipinski definition) is 3. The molecule has 150 valence electrons. The average Bonchev–Trinajstić information content (AvgIpc) is 3.26. The number of fused-ring (bicyclic) bond motifs is 3. The number of benzene rings is 1. The van der Waals surface area contributed by atoms with E-state index in [1.165, 1.54) is 6.42 Å². The lowest BCUT2D eigenvalue weighted by Crippen LogP contribution is -2.46. The van der Waals surface area contributed by atoms with Gasteiger partial charge in [0.2, 0.25) is 5.91 Å². The third-order valence-electron chi connectivity index (χ3n) is 6.17. The molecular formula is C20H30Cl2N4O. The summed E-state index contributed by atoms with van der Waals surface area (Å²) in [5.74, 6) is 2.00. The highest BCUT2D eigenvalue weighted by Gasteiger charge is 2.49. The molecule has 0 spiro atoms. The summed E-state index contributed by atoms with van der Waals surface area (Å²) in [6.07, 6.45) is 3.46. The van der Waals surface area contributed by atoms with Gasteiger partial charge in [0, 0.05) is 12.1 Å². The molecule has 1 aromatic carbocycles. The second-order valence-corrected chi connectivity index (χ2v) is 8.09. The number of hydrogen-bond donors (Lipinski definition) is 2. The second-order valence-electron chi connectivity index (χ2n) is 8.09. The van der Waals surface area contributed by atoms with Crippen molar-refractivity contribution in [3.8, 4) is 0 Å². The second kappa shape index (κ2) is 8.38. The lowest BCUT2D eigenvalue weighted by atomic mass is 9.84. The lowest BCUT2D eigenvalue weighted by molar-refractivity contribution is -0.127. The van der Waals surface area contributed by atoms with E-state index in [0.717, 1.165) is 29.7 Å². The molecule has 2 bridgehead atoms. The summed E-state index contributed by atoms with van der Waals surface area (Å²) in [5.41, 5.74) is 8.43. The van der Waals surface area contributed by atoms with Gasteiger partial charge < -0.3 is 15.6 Å². The van der Waals surface area contributed by atoms with Gasteiger partial charge in [-0.05, 0) is 64.0 Å². The maximum absolute atomic E-state index is 12.9. The summed E-state index contributed by atoms with van der Waals surface area (Å²) in [7, 11) is 0. The Morgan fingerprint density at radius 2 is 1.85 bits per heavy atom. The van der Waals surface area contributed by atoms with Gasteiger partial charge in [-0.25, -0.2) is 4.98 Å². The van der Waals surface area contributed by atoms with Crippen LogP contribution in [0.25, 0.3) is 11.0 Å². The van der Waals surface area contributed by atoms with Gasteiger partial charge in [0.15, 0.2) is 0 Å². The molecular weight excluding hydrogens is 383 g/mol. The number of amides is 1. The number of carbonyl (C=O) groups is 1. The fourth-order valence-electron chi connectivity index (χ4n) is 5.01. The molecule has 2 fully saturated rings. The van der Waals surface area contributed by atoms with Crippen molar-refractivity contribution >= 4 is 41.8 Å². The standard InChI is InChI=1S/C20H28N4O.2ClH/c1-11(2)24-16-7-5-4-6-15(16)23-19(24)12(3)22-20(25)17-13-8-9-14(10-13)18(17)21;;/h4-7,11-14,17-18H,8-10,21H2,1-3H3,(H,22,25);2*1H. The van der Waals surface area contributed by atoms with Crippen molar-refractivity contribution in [2.45, 2.75) is 58.2 Å². The first kappa shape index (κ1) is 22.0. The van der Waals surface area contributed by atoms with E-state index in [0.29, 0.717) is 11.8 Å². The zero-order chi connectivity index (χ0) is 17.7. The first-order valence-electron chi connectivity index (χ1n) is 9.50. The molecule has 7 heteroatoms. The van der Waals surface area contributed by atoms with E-state index in [-0.39, 0.29) is 54.8 Å². The van der Waals surface area contributed by atoms with Crippen LogP contribution in [0.4, 0.5) is 0 Å². The predicted molar refractivity (Wildman–Crippen MR) is 113 cm³/mol. The predicted octanol–water partition coefficient (Wildman–Crippen LogP) is 4.01. The molecule has 0 saturated heterocycles. The van der Waals surface area contributed by atoms with Crippen LogP contribution in [0, 0.1) is 17.8 Å². The number of para-hydroxylation sites is 2. The normalized spacial score (nSPS) is 27.3. The Hall–Kier alpha value is -1.30. The number of rotatable bonds is 4. The van der Waals surface area contributed by atoms with Crippen molar-refractivity contribution in [3.63, 3.8) is 0 Å². The molecule has 4 rings (SSSR count). The van der Waals surface area contributed by atoms with E-state index in [1.54, 1.807) is 0 Å². The monoisotopic (exact) mass is 412 g/mol. The molecule has 1 aromatic heterocycles. The number of nitrogens with zero attached hydrogens (tertiary/aromatic N) is 2. The van der Waals surface area contributed by atoms with Gasteiger partial charge in [-0.1, -0.05) is 12.1 Å². The molecule has 5 unspecified atom stereocenters. The van der Waals surface area contributed by atoms with Gasteiger partial charge in [0.1, 0.15) is 5.82 Å². The molecule has 1 amide bonds. The van der Waals surface area contributed by atoms with E-state index >= 15 is 0 Å². The first-order chi connectivity index (χ1) is 12.0. The Morgan fingerprint density at radius 3 is 2.48 bits per heavy atom. The molecule has 2 aliphatic carbocycles. The van der Waals surface area contributed by atoms with E-state index in [9.17, 15) is 4.79 Å². The van der Waals surface area contributed by atoms with Crippen LogP contribution in [0.1, 0.15) is 57.9 Å². The van der Waals surface area contributed by atoms with Gasteiger partial charge in [0.05, 0.1) is 23.0 Å². The minimum Gasteiger partial charge on any atom is -0.346 e. The highest BCUT2D eigenvalue weighted by molar-refractivity contribution is 5.85. The van der Waals surface area contributed by atoms with Crippen molar-refractivity contribution in [1.82, 2.24) is 14.9 Å². The summed E-state index contributed by atoms with van der Waals surface area (Å²) < 4.78 is 2.22. The molecule has 3 N–H and O–H groups in total. The fourth-order valence-corrected chi connectivity index (χ4v) is 5.01.